The van der Waals surface area contributed by atoms with Crippen LogP contribution in [0.3, 0.4) is 0 Å². The molecule has 1 N–H and O–H groups in total. The van der Waals surface area contributed by atoms with Crippen molar-refractivity contribution in [1.29, 1.82) is 0 Å². The van der Waals surface area contributed by atoms with Gasteiger partial charge < -0.3 is 14.6 Å². The number of benzene rings is 1. The Morgan fingerprint density at radius 2 is 2.07 bits per heavy atom. The maximum atomic E-state index is 12.7. The number of rotatable bonds is 4. The molecule has 7 heteroatoms. The Labute approximate surface area is 167 Å². The molecular weight excluding hydrogens is 374 g/mol. The van der Waals surface area contributed by atoms with Crippen LogP contribution >= 0.6 is 11.3 Å². The van der Waals surface area contributed by atoms with Crippen LogP contribution in [0.2, 0.25) is 0 Å². The number of nitrogens with one attached hydrogen (secondary N) is 1. The van der Waals surface area contributed by atoms with E-state index >= 15 is 0 Å². The summed E-state index contributed by atoms with van der Waals surface area (Å²) in [5, 5.41) is 5.44. The summed E-state index contributed by atoms with van der Waals surface area (Å²) in [5.41, 5.74) is 3.58. The smallest absolute Gasteiger partial charge is 0.257 e. The largest absolute Gasteiger partial charge is 0.472 e. The average Bonchev–Trinajstić information content (AvgIpc) is 3.40. The number of carbonyl (C=O) groups excluding carboxylic acids is 2. The fourth-order valence-electron chi connectivity index (χ4n) is 3.34. The second-order valence-corrected chi connectivity index (χ2v) is 7.85. The predicted molar refractivity (Wildman–Crippen MR) is 108 cm³/mol. The number of aromatic nitrogens is 1. The number of piperidine rings is 1. The quantitative estimate of drug-likeness (QED) is 0.718. The Kier molecular flexibility index (Phi) is 5.25. The van der Waals surface area contributed by atoms with Gasteiger partial charge in [0.25, 0.3) is 5.91 Å². The van der Waals surface area contributed by atoms with E-state index in [4.69, 9.17) is 4.42 Å². The minimum absolute atomic E-state index is 0.0884. The number of anilines is 1. The number of amides is 2. The van der Waals surface area contributed by atoms with Crippen molar-refractivity contribution in [2.75, 3.05) is 18.4 Å². The molecule has 0 spiro atoms. The van der Waals surface area contributed by atoms with Crippen molar-refractivity contribution in [3.05, 3.63) is 59.4 Å². The lowest BCUT2D eigenvalue weighted by atomic mass is 9.97. The van der Waals surface area contributed by atoms with Gasteiger partial charge in [0.15, 0.2) is 5.13 Å². The molecule has 2 amide bonds. The summed E-state index contributed by atoms with van der Waals surface area (Å²) in [5.74, 6) is -0.423. The van der Waals surface area contributed by atoms with Crippen molar-refractivity contribution in [3.63, 3.8) is 0 Å². The minimum atomic E-state index is -0.240. The van der Waals surface area contributed by atoms with E-state index in [9.17, 15) is 9.59 Å². The number of likely N-dealkylation sites (tertiary alicyclic amines) is 1. The van der Waals surface area contributed by atoms with Gasteiger partial charge >= 0.3 is 0 Å². The molecule has 6 nitrogen and oxygen atoms in total. The van der Waals surface area contributed by atoms with Crippen LogP contribution in [-0.2, 0) is 4.79 Å². The molecule has 0 aliphatic carbocycles. The lowest BCUT2D eigenvalue weighted by Gasteiger charge is -2.31. The predicted octanol–water partition coefficient (Wildman–Crippen LogP) is 4.20. The Balaban J connectivity index is 1.39. The highest BCUT2D eigenvalue weighted by atomic mass is 32.1. The molecule has 3 heterocycles. The number of carbonyl (C=O) groups is 2. The molecule has 0 bridgehead atoms. The summed E-state index contributed by atoms with van der Waals surface area (Å²) in [7, 11) is 0. The van der Waals surface area contributed by atoms with Gasteiger partial charge in [0, 0.05) is 24.0 Å². The first-order valence-corrected chi connectivity index (χ1v) is 10.1. The van der Waals surface area contributed by atoms with Crippen LogP contribution in [0.5, 0.6) is 0 Å². The van der Waals surface area contributed by atoms with Gasteiger partial charge in [-0.25, -0.2) is 4.98 Å². The lowest BCUT2D eigenvalue weighted by Crippen LogP contribution is -2.43. The Hall–Kier alpha value is -2.93. The third-order valence-corrected chi connectivity index (χ3v) is 5.69. The van der Waals surface area contributed by atoms with E-state index in [-0.39, 0.29) is 17.7 Å². The van der Waals surface area contributed by atoms with Gasteiger partial charge in [-0.15, -0.1) is 11.3 Å². The second-order valence-electron chi connectivity index (χ2n) is 7.00. The molecule has 1 atom stereocenters. The second kappa shape index (κ2) is 7.98. The summed E-state index contributed by atoms with van der Waals surface area (Å²) >= 11 is 1.41. The standard InChI is InChI=1S/C21H21N3O3S/c1-14-4-6-15(7-5-14)18-13-28-21(22-18)23-19(25)16-3-2-9-24(11-16)20(26)17-8-10-27-12-17/h4-8,10,12-13,16H,2-3,9,11H2,1H3,(H,22,23,25)/t16-/m1/s1. The normalized spacial score (nSPS) is 16.8. The van der Waals surface area contributed by atoms with Gasteiger partial charge in [-0.1, -0.05) is 29.8 Å². The van der Waals surface area contributed by atoms with Crippen LogP contribution < -0.4 is 5.32 Å². The van der Waals surface area contributed by atoms with Gasteiger partial charge in [0.05, 0.1) is 23.4 Å². The summed E-state index contributed by atoms with van der Waals surface area (Å²) in [6.45, 7) is 3.11. The molecule has 1 aliphatic heterocycles. The number of hydrogen-bond donors (Lipinski definition) is 1. The van der Waals surface area contributed by atoms with Gasteiger partial charge in [-0.2, -0.15) is 0 Å². The maximum Gasteiger partial charge on any atom is 0.257 e. The lowest BCUT2D eigenvalue weighted by molar-refractivity contribution is -0.121. The molecule has 1 saturated heterocycles. The molecule has 144 valence electrons. The summed E-state index contributed by atoms with van der Waals surface area (Å²) in [4.78, 5) is 31.5. The summed E-state index contributed by atoms with van der Waals surface area (Å²) in [6.07, 6.45) is 4.48. The van der Waals surface area contributed by atoms with Crippen molar-refractivity contribution in [1.82, 2.24) is 9.88 Å². The first kappa shape index (κ1) is 18.4. The van der Waals surface area contributed by atoms with Crippen molar-refractivity contribution >= 4 is 28.3 Å². The number of furan rings is 1. The number of nitrogens with zero attached hydrogens (tertiary/aromatic N) is 2. The SMILES string of the molecule is Cc1ccc(-c2csc(NC(=O)[C@@H]3CCCN(C(=O)c4ccoc4)C3)n2)cc1. The highest BCUT2D eigenvalue weighted by Gasteiger charge is 2.29. The van der Waals surface area contributed by atoms with E-state index in [0.29, 0.717) is 23.8 Å². The van der Waals surface area contributed by atoms with Crippen molar-refractivity contribution in [2.24, 2.45) is 5.92 Å². The number of thiazole rings is 1. The van der Waals surface area contributed by atoms with Crippen LogP contribution in [0.1, 0.15) is 28.8 Å². The number of aryl methyl sites for hydroxylation is 1. The zero-order valence-corrected chi connectivity index (χ0v) is 16.4. The van der Waals surface area contributed by atoms with E-state index < -0.39 is 0 Å². The van der Waals surface area contributed by atoms with E-state index in [2.05, 4.69) is 10.3 Å². The van der Waals surface area contributed by atoms with Crippen LogP contribution in [0.4, 0.5) is 5.13 Å². The van der Waals surface area contributed by atoms with Gasteiger partial charge in [-0.05, 0) is 25.8 Å². The van der Waals surface area contributed by atoms with E-state index in [1.165, 1.54) is 29.4 Å². The summed E-state index contributed by atoms with van der Waals surface area (Å²) < 4.78 is 4.99. The Bertz CT molecular complexity index is 963. The third kappa shape index (κ3) is 3.99. The van der Waals surface area contributed by atoms with Gasteiger partial charge in [0.1, 0.15) is 6.26 Å². The van der Waals surface area contributed by atoms with E-state index in [1.807, 2.05) is 36.6 Å². The fourth-order valence-corrected chi connectivity index (χ4v) is 4.06. The maximum absolute atomic E-state index is 12.7. The molecule has 1 aromatic carbocycles. The van der Waals surface area contributed by atoms with Gasteiger partial charge in [0.2, 0.25) is 5.91 Å². The monoisotopic (exact) mass is 395 g/mol. The molecule has 1 fully saturated rings. The van der Waals surface area contributed by atoms with Crippen LogP contribution in [0.25, 0.3) is 11.3 Å². The molecule has 0 radical (unpaired) electrons. The highest BCUT2D eigenvalue weighted by molar-refractivity contribution is 7.14. The molecule has 1 aliphatic rings. The first-order valence-electron chi connectivity index (χ1n) is 9.25. The van der Waals surface area contributed by atoms with Crippen LogP contribution in [-0.4, -0.2) is 34.8 Å². The van der Waals surface area contributed by atoms with Crippen molar-refractivity contribution in [2.45, 2.75) is 19.8 Å². The van der Waals surface area contributed by atoms with Crippen LogP contribution in [0, 0.1) is 12.8 Å². The van der Waals surface area contributed by atoms with E-state index in [1.54, 1.807) is 11.0 Å². The molecule has 3 aromatic rings. The van der Waals surface area contributed by atoms with E-state index in [0.717, 1.165) is 24.1 Å². The highest BCUT2D eigenvalue weighted by Crippen LogP contribution is 2.26. The minimum Gasteiger partial charge on any atom is -0.472 e. The zero-order chi connectivity index (χ0) is 19.5. The first-order chi connectivity index (χ1) is 13.6. The van der Waals surface area contributed by atoms with Gasteiger partial charge in [-0.3, -0.25) is 9.59 Å². The average molecular weight is 395 g/mol. The zero-order valence-electron chi connectivity index (χ0n) is 15.6. The Morgan fingerprint density at radius 1 is 1.25 bits per heavy atom. The fraction of sp³-hybridized carbons (Fsp3) is 0.286. The molecule has 28 heavy (non-hydrogen) atoms. The molecule has 0 saturated carbocycles. The Morgan fingerprint density at radius 3 is 2.82 bits per heavy atom. The molecule has 4 rings (SSSR count). The topological polar surface area (TPSA) is 75.4 Å². The molecular formula is C21H21N3O3S. The summed E-state index contributed by atoms with van der Waals surface area (Å²) in [6, 6.07) is 9.78. The third-order valence-electron chi connectivity index (χ3n) is 4.93. The van der Waals surface area contributed by atoms with Crippen molar-refractivity contribution < 1.29 is 14.0 Å². The number of hydrogen-bond acceptors (Lipinski definition) is 5. The molecule has 2 aromatic heterocycles. The van der Waals surface area contributed by atoms with Crippen LogP contribution in [0.15, 0.2) is 52.7 Å². The van der Waals surface area contributed by atoms with Crippen molar-refractivity contribution in [3.8, 4) is 11.3 Å². The molecule has 0 unspecified atom stereocenters.